The molecule has 5 heteroatoms. The van der Waals surface area contributed by atoms with Gasteiger partial charge in [-0.25, -0.2) is 9.97 Å². The number of likely N-dealkylation sites (N-methyl/N-ethyl adjacent to an activating group) is 2. The van der Waals surface area contributed by atoms with Gasteiger partial charge in [-0.2, -0.15) is 0 Å². The van der Waals surface area contributed by atoms with Crippen molar-refractivity contribution in [3.05, 3.63) is 23.8 Å². The maximum absolute atomic E-state index is 12.2. The summed E-state index contributed by atoms with van der Waals surface area (Å²) in [5.74, 6) is 0.194. The minimum Gasteiger partial charge on any atom is -0.340 e. The maximum Gasteiger partial charge on any atom is 0.257 e. The van der Waals surface area contributed by atoms with Gasteiger partial charge in [-0.05, 0) is 13.0 Å². The fraction of sp³-hybridized carbons (Fsp3) is 0.583. The number of nitrogens with one attached hydrogen (secondary N) is 1. The molecule has 0 atom stereocenters. The van der Waals surface area contributed by atoms with Gasteiger partial charge < -0.3 is 10.2 Å². The molecule has 1 N–H and O–H groups in total. The molecule has 1 aromatic rings. The minimum atomic E-state index is -0.0236. The van der Waals surface area contributed by atoms with Crippen LogP contribution in [0.1, 0.15) is 35.8 Å². The Bertz CT molecular complexity index is 379. The van der Waals surface area contributed by atoms with Crippen LogP contribution in [0.2, 0.25) is 0 Å². The lowest BCUT2D eigenvalue weighted by molar-refractivity contribution is 0.0794. The minimum absolute atomic E-state index is 0.0236. The molecule has 1 amide bonds. The molecule has 0 bridgehead atoms. The Morgan fingerprint density at radius 1 is 1.53 bits per heavy atom. The molecule has 1 aromatic heterocycles. The van der Waals surface area contributed by atoms with Crippen molar-refractivity contribution in [2.45, 2.75) is 19.8 Å². The molecule has 17 heavy (non-hydrogen) atoms. The Labute approximate surface area is 102 Å². The normalized spacial score (nSPS) is 10.6. The quantitative estimate of drug-likeness (QED) is 0.825. The molecule has 1 heterocycles. The van der Waals surface area contributed by atoms with Crippen molar-refractivity contribution in [1.82, 2.24) is 20.2 Å². The van der Waals surface area contributed by atoms with Gasteiger partial charge in [0.05, 0.1) is 11.3 Å². The summed E-state index contributed by atoms with van der Waals surface area (Å²) >= 11 is 0. The van der Waals surface area contributed by atoms with E-state index >= 15 is 0 Å². The lowest BCUT2D eigenvalue weighted by atomic mass is 10.0. The molecule has 0 saturated heterocycles. The average molecular weight is 236 g/mol. The number of carbonyl (C=O) groups excluding carboxylic acids is 1. The van der Waals surface area contributed by atoms with Gasteiger partial charge in [0.2, 0.25) is 0 Å². The van der Waals surface area contributed by atoms with E-state index in [1.54, 1.807) is 18.1 Å². The van der Waals surface area contributed by atoms with Crippen LogP contribution in [-0.4, -0.2) is 48.0 Å². The van der Waals surface area contributed by atoms with Crippen LogP contribution in [0.3, 0.4) is 0 Å². The highest BCUT2D eigenvalue weighted by atomic mass is 16.2. The standard InChI is InChI=1S/C12H20N4O/c1-9(2)11-10(7-14-8-15-11)12(17)16(4)6-5-13-3/h7-9,13H,5-6H2,1-4H3. The number of hydrogen-bond acceptors (Lipinski definition) is 4. The largest absolute Gasteiger partial charge is 0.340 e. The summed E-state index contributed by atoms with van der Waals surface area (Å²) in [5, 5.41) is 3.02. The first-order chi connectivity index (χ1) is 8.07. The summed E-state index contributed by atoms with van der Waals surface area (Å²) in [6.07, 6.45) is 3.08. The number of amides is 1. The van der Waals surface area contributed by atoms with Crippen molar-refractivity contribution < 1.29 is 4.79 Å². The number of aromatic nitrogens is 2. The molecule has 0 saturated carbocycles. The average Bonchev–Trinajstić information content (AvgIpc) is 2.34. The molecule has 0 fully saturated rings. The van der Waals surface area contributed by atoms with Gasteiger partial charge >= 0.3 is 0 Å². The zero-order valence-corrected chi connectivity index (χ0v) is 10.9. The third-order valence-corrected chi connectivity index (χ3v) is 2.56. The van der Waals surface area contributed by atoms with Gasteiger partial charge in [-0.3, -0.25) is 4.79 Å². The van der Waals surface area contributed by atoms with Crippen LogP contribution in [0.25, 0.3) is 0 Å². The highest BCUT2D eigenvalue weighted by Crippen LogP contribution is 2.16. The van der Waals surface area contributed by atoms with Crippen molar-refractivity contribution in [2.75, 3.05) is 27.2 Å². The van der Waals surface area contributed by atoms with Crippen molar-refractivity contribution >= 4 is 5.91 Å². The van der Waals surface area contributed by atoms with Crippen molar-refractivity contribution in [1.29, 1.82) is 0 Å². The van der Waals surface area contributed by atoms with Gasteiger partial charge in [0.15, 0.2) is 0 Å². The molecule has 0 aliphatic rings. The molecule has 0 spiro atoms. The van der Waals surface area contributed by atoms with E-state index in [1.165, 1.54) is 6.33 Å². The third kappa shape index (κ3) is 3.49. The first-order valence-corrected chi connectivity index (χ1v) is 5.77. The molecule has 5 nitrogen and oxygen atoms in total. The van der Waals surface area contributed by atoms with Crippen LogP contribution in [0.15, 0.2) is 12.5 Å². The second kappa shape index (κ2) is 6.30. The van der Waals surface area contributed by atoms with Crippen molar-refractivity contribution in [3.8, 4) is 0 Å². The predicted octanol–water partition coefficient (Wildman–Crippen LogP) is 0.891. The van der Waals surface area contributed by atoms with Gasteiger partial charge in [0, 0.05) is 26.3 Å². The Kier molecular flexibility index (Phi) is 5.03. The fourth-order valence-corrected chi connectivity index (χ4v) is 1.55. The zero-order valence-electron chi connectivity index (χ0n) is 10.9. The molecular formula is C12H20N4O. The smallest absolute Gasteiger partial charge is 0.257 e. The monoisotopic (exact) mass is 236 g/mol. The third-order valence-electron chi connectivity index (χ3n) is 2.56. The van der Waals surface area contributed by atoms with Gasteiger partial charge in [-0.1, -0.05) is 13.8 Å². The SMILES string of the molecule is CNCCN(C)C(=O)c1cncnc1C(C)C. The Morgan fingerprint density at radius 2 is 2.24 bits per heavy atom. The second-order valence-corrected chi connectivity index (χ2v) is 4.31. The molecule has 0 aliphatic heterocycles. The molecule has 0 unspecified atom stereocenters. The summed E-state index contributed by atoms with van der Waals surface area (Å²) in [6, 6.07) is 0. The molecule has 0 radical (unpaired) electrons. The molecule has 0 aromatic carbocycles. The van der Waals surface area contributed by atoms with E-state index in [9.17, 15) is 4.79 Å². The number of rotatable bonds is 5. The Hall–Kier alpha value is -1.49. The van der Waals surface area contributed by atoms with Crippen LogP contribution in [-0.2, 0) is 0 Å². The molecule has 1 rings (SSSR count). The van der Waals surface area contributed by atoms with Crippen LogP contribution >= 0.6 is 0 Å². The number of carbonyl (C=O) groups is 1. The highest BCUT2D eigenvalue weighted by Gasteiger charge is 2.18. The predicted molar refractivity (Wildman–Crippen MR) is 67.0 cm³/mol. The Morgan fingerprint density at radius 3 is 2.82 bits per heavy atom. The van der Waals surface area contributed by atoms with Crippen molar-refractivity contribution in [2.24, 2.45) is 0 Å². The van der Waals surface area contributed by atoms with E-state index in [1.807, 2.05) is 20.9 Å². The van der Waals surface area contributed by atoms with E-state index < -0.39 is 0 Å². The summed E-state index contributed by atoms with van der Waals surface area (Å²) in [7, 11) is 3.65. The summed E-state index contributed by atoms with van der Waals surface area (Å²) in [6.45, 7) is 5.48. The number of nitrogens with zero attached hydrogens (tertiary/aromatic N) is 3. The van der Waals surface area contributed by atoms with Gasteiger partial charge in [0.25, 0.3) is 5.91 Å². The van der Waals surface area contributed by atoms with Crippen LogP contribution in [0.5, 0.6) is 0 Å². The van der Waals surface area contributed by atoms with Crippen LogP contribution in [0, 0.1) is 0 Å². The van der Waals surface area contributed by atoms with E-state index in [2.05, 4.69) is 15.3 Å². The van der Waals surface area contributed by atoms with E-state index in [0.717, 1.165) is 12.2 Å². The Balaban J connectivity index is 2.88. The lowest BCUT2D eigenvalue weighted by Crippen LogP contribution is -2.33. The van der Waals surface area contributed by atoms with Gasteiger partial charge in [0.1, 0.15) is 6.33 Å². The van der Waals surface area contributed by atoms with E-state index in [0.29, 0.717) is 12.1 Å². The van der Waals surface area contributed by atoms with Crippen LogP contribution < -0.4 is 5.32 Å². The van der Waals surface area contributed by atoms with Gasteiger partial charge in [-0.15, -0.1) is 0 Å². The summed E-state index contributed by atoms with van der Waals surface area (Å²) < 4.78 is 0. The van der Waals surface area contributed by atoms with E-state index in [4.69, 9.17) is 0 Å². The molecular weight excluding hydrogens is 216 g/mol. The van der Waals surface area contributed by atoms with E-state index in [-0.39, 0.29) is 11.8 Å². The van der Waals surface area contributed by atoms with Crippen molar-refractivity contribution in [3.63, 3.8) is 0 Å². The maximum atomic E-state index is 12.2. The zero-order chi connectivity index (χ0) is 12.8. The highest BCUT2D eigenvalue weighted by molar-refractivity contribution is 5.94. The second-order valence-electron chi connectivity index (χ2n) is 4.31. The summed E-state index contributed by atoms with van der Waals surface area (Å²) in [5.41, 5.74) is 1.41. The molecule has 0 aliphatic carbocycles. The first kappa shape index (κ1) is 13.6. The first-order valence-electron chi connectivity index (χ1n) is 5.77. The fourth-order valence-electron chi connectivity index (χ4n) is 1.55. The van der Waals surface area contributed by atoms with Crippen LogP contribution in [0.4, 0.5) is 0 Å². The number of hydrogen-bond donors (Lipinski definition) is 1. The summed E-state index contributed by atoms with van der Waals surface area (Å²) in [4.78, 5) is 22.0. The lowest BCUT2D eigenvalue weighted by Gasteiger charge is -2.18. The molecule has 94 valence electrons. The topological polar surface area (TPSA) is 58.1 Å².